The Kier molecular flexibility index (Phi) is 7.26. The largest absolute Gasteiger partial charge is 0.204 e. The molecule has 1 atom stereocenters. The normalized spacial score (nSPS) is 12.7. The Morgan fingerprint density at radius 3 is 2.44 bits per heavy atom. The standard InChI is InChI=1S/C15H21ClF2/c1-2-3-4-5-6-7-13(16)10-12-8-9-14(17)15(18)11-12/h8-9,11,13H,2-7,10H2,1H3. The predicted molar refractivity (Wildman–Crippen MR) is 73.1 cm³/mol. The van der Waals surface area contributed by atoms with Crippen molar-refractivity contribution in [3.05, 3.63) is 35.4 Å². The minimum absolute atomic E-state index is 0.0106. The van der Waals surface area contributed by atoms with Crippen molar-refractivity contribution >= 4 is 11.6 Å². The summed E-state index contributed by atoms with van der Waals surface area (Å²) >= 11 is 6.20. The van der Waals surface area contributed by atoms with Gasteiger partial charge in [-0.2, -0.15) is 0 Å². The molecule has 18 heavy (non-hydrogen) atoms. The Morgan fingerprint density at radius 1 is 1.06 bits per heavy atom. The molecule has 1 aromatic rings. The summed E-state index contributed by atoms with van der Waals surface area (Å²) in [6, 6.07) is 4.00. The van der Waals surface area contributed by atoms with Crippen LogP contribution in [0.1, 0.15) is 51.0 Å². The number of benzene rings is 1. The third-order valence-corrected chi connectivity index (χ3v) is 3.43. The molecular weight excluding hydrogens is 254 g/mol. The van der Waals surface area contributed by atoms with E-state index in [-0.39, 0.29) is 5.38 Å². The van der Waals surface area contributed by atoms with E-state index in [2.05, 4.69) is 6.92 Å². The zero-order valence-electron chi connectivity index (χ0n) is 10.9. The Labute approximate surface area is 113 Å². The summed E-state index contributed by atoms with van der Waals surface area (Å²) in [5, 5.41) is 0.0106. The first-order valence-corrected chi connectivity index (χ1v) is 7.15. The SMILES string of the molecule is CCCCCCCC(Cl)Cc1ccc(F)c(F)c1. The topological polar surface area (TPSA) is 0 Å². The molecule has 0 N–H and O–H groups in total. The molecule has 1 rings (SSSR count). The molecule has 3 heteroatoms. The average Bonchev–Trinajstić information content (AvgIpc) is 2.34. The van der Waals surface area contributed by atoms with Crippen LogP contribution in [-0.4, -0.2) is 5.38 Å². The maximum Gasteiger partial charge on any atom is 0.159 e. The minimum atomic E-state index is -0.801. The van der Waals surface area contributed by atoms with E-state index in [0.29, 0.717) is 6.42 Å². The lowest BCUT2D eigenvalue weighted by Crippen LogP contribution is -2.04. The van der Waals surface area contributed by atoms with Gasteiger partial charge in [0.05, 0.1) is 0 Å². The molecule has 0 bridgehead atoms. The van der Waals surface area contributed by atoms with Crippen LogP contribution in [-0.2, 0) is 6.42 Å². The molecule has 102 valence electrons. The maximum atomic E-state index is 13.0. The predicted octanol–water partition coefficient (Wildman–Crippen LogP) is 5.48. The zero-order chi connectivity index (χ0) is 13.4. The number of alkyl halides is 1. The van der Waals surface area contributed by atoms with Gasteiger partial charge in [0, 0.05) is 5.38 Å². The highest BCUT2D eigenvalue weighted by Gasteiger charge is 2.08. The van der Waals surface area contributed by atoms with Crippen LogP contribution >= 0.6 is 11.6 Å². The second-order valence-electron chi connectivity index (χ2n) is 4.75. The lowest BCUT2D eigenvalue weighted by atomic mass is 10.0. The molecule has 0 heterocycles. The lowest BCUT2D eigenvalue weighted by Gasteiger charge is -2.09. The third-order valence-electron chi connectivity index (χ3n) is 3.06. The van der Waals surface area contributed by atoms with Gasteiger partial charge in [-0.05, 0) is 30.5 Å². The molecule has 0 aliphatic rings. The second-order valence-corrected chi connectivity index (χ2v) is 5.37. The molecule has 1 aromatic carbocycles. The Morgan fingerprint density at radius 2 is 1.78 bits per heavy atom. The summed E-state index contributed by atoms with van der Waals surface area (Å²) in [5.74, 6) is -1.59. The fourth-order valence-corrected chi connectivity index (χ4v) is 2.33. The van der Waals surface area contributed by atoms with Crippen LogP contribution in [0.25, 0.3) is 0 Å². The van der Waals surface area contributed by atoms with Gasteiger partial charge in [-0.3, -0.25) is 0 Å². The molecule has 0 nitrogen and oxygen atoms in total. The van der Waals surface area contributed by atoms with E-state index in [1.165, 1.54) is 31.7 Å². The molecule has 0 saturated carbocycles. The zero-order valence-corrected chi connectivity index (χ0v) is 11.6. The summed E-state index contributed by atoms with van der Waals surface area (Å²) in [4.78, 5) is 0. The van der Waals surface area contributed by atoms with Crippen molar-refractivity contribution in [1.29, 1.82) is 0 Å². The van der Waals surface area contributed by atoms with Crippen molar-refractivity contribution in [3.8, 4) is 0 Å². The minimum Gasteiger partial charge on any atom is -0.204 e. The smallest absolute Gasteiger partial charge is 0.159 e. The molecule has 0 saturated heterocycles. The van der Waals surface area contributed by atoms with Gasteiger partial charge in [0.25, 0.3) is 0 Å². The first kappa shape index (κ1) is 15.4. The van der Waals surface area contributed by atoms with E-state index < -0.39 is 11.6 Å². The molecular formula is C15H21ClF2. The number of unbranched alkanes of at least 4 members (excludes halogenated alkanes) is 4. The van der Waals surface area contributed by atoms with Gasteiger partial charge in [-0.15, -0.1) is 11.6 Å². The van der Waals surface area contributed by atoms with Gasteiger partial charge >= 0.3 is 0 Å². The number of halogens is 3. The van der Waals surface area contributed by atoms with E-state index in [4.69, 9.17) is 11.6 Å². The number of hydrogen-bond acceptors (Lipinski definition) is 0. The molecule has 0 aliphatic carbocycles. The van der Waals surface area contributed by atoms with E-state index in [1.807, 2.05) is 0 Å². The monoisotopic (exact) mass is 274 g/mol. The highest BCUT2D eigenvalue weighted by molar-refractivity contribution is 6.20. The van der Waals surface area contributed by atoms with E-state index in [1.54, 1.807) is 6.07 Å². The summed E-state index contributed by atoms with van der Waals surface area (Å²) in [6.45, 7) is 2.19. The molecule has 0 aliphatic heterocycles. The molecule has 0 aromatic heterocycles. The first-order valence-electron chi connectivity index (χ1n) is 6.71. The van der Waals surface area contributed by atoms with E-state index in [0.717, 1.165) is 24.5 Å². The first-order chi connectivity index (χ1) is 8.63. The Hall–Kier alpha value is -0.630. The fourth-order valence-electron chi connectivity index (χ4n) is 1.99. The summed E-state index contributed by atoms with van der Waals surface area (Å²) in [5.41, 5.74) is 0.766. The highest BCUT2D eigenvalue weighted by Crippen LogP contribution is 2.17. The van der Waals surface area contributed by atoms with Crippen LogP contribution in [0.5, 0.6) is 0 Å². The van der Waals surface area contributed by atoms with E-state index >= 15 is 0 Å². The maximum absolute atomic E-state index is 13.0. The second kappa shape index (κ2) is 8.47. The molecule has 0 radical (unpaired) electrons. The van der Waals surface area contributed by atoms with Crippen LogP contribution in [0.4, 0.5) is 8.78 Å². The van der Waals surface area contributed by atoms with Crippen LogP contribution in [0, 0.1) is 11.6 Å². The highest BCUT2D eigenvalue weighted by atomic mass is 35.5. The molecule has 0 fully saturated rings. The van der Waals surface area contributed by atoms with Crippen molar-refractivity contribution in [2.24, 2.45) is 0 Å². The number of rotatable bonds is 8. The van der Waals surface area contributed by atoms with Crippen molar-refractivity contribution in [1.82, 2.24) is 0 Å². The fraction of sp³-hybridized carbons (Fsp3) is 0.600. The van der Waals surface area contributed by atoms with Crippen LogP contribution in [0.15, 0.2) is 18.2 Å². The third kappa shape index (κ3) is 5.81. The molecule has 0 amide bonds. The van der Waals surface area contributed by atoms with Crippen LogP contribution in [0.2, 0.25) is 0 Å². The Balaban J connectivity index is 2.26. The number of hydrogen-bond donors (Lipinski definition) is 0. The molecule has 0 spiro atoms. The van der Waals surface area contributed by atoms with Crippen molar-refractivity contribution in [3.63, 3.8) is 0 Å². The Bertz CT molecular complexity index is 352. The average molecular weight is 275 g/mol. The van der Waals surface area contributed by atoms with Crippen molar-refractivity contribution in [2.45, 2.75) is 57.2 Å². The van der Waals surface area contributed by atoms with Gasteiger partial charge in [0.15, 0.2) is 11.6 Å². The van der Waals surface area contributed by atoms with Crippen molar-refractivity contribution < 1.29 is 8.78 Å². The van der Waals surface area contributed by atoms with Crippen LogP contribution in [0.3, 0.4) is 0 Å². The van der Waals surface area contributed by atoms with Gasteiger partial charge < -0.3 is 0 Å². The lowest BCUT2D eigenvalue weighted by molar-refractivity contribution is 0.506. The summed E-state index contributed by atoms with van der Waals surface area (Å²) in [7, 11) is 0. The van der Waals surface area contributed by atoms with Gasteiger partial charge in [-0.25, -0.2) is 8.78 Å². The summed E-state index contributed by atoms with van der Waals surface area (Å²) in [6.07, 6.45) is 7.62. The quantitative estimate of drug-likeness (QED) is 0.435. The van der Waals surface area contributed by atoms with Gasteiger partial charge in [0.2, 0.25) is 0 Å². The van der Waals surface area contributed by atoms with Gasteiger partial charge in [-0.1, -0.05) is 45.1 Å². The van der Waals surface area contributed by atoms with Crippen molar-refractivity contribution in [2.75, 3.05) is 0 Å². The summed E-state index contributed by atoms with van der Waals surface area (Å²) < 4.78 is 25.8. The van der Waals surface area contributed by atoms with E-state index in [9.17, 15) is 8.78 Å². The van der Waals surface area contributed by atoms with Crippen LogP contribution < -0.4 is 0 Å². The molecule has 1 unspecified atom stereocenters. The van der Waals surface area contributed by atoms with Gasteiger partial charge in [0.1, 0.15) is 0 Å².